The molecule has 1 amide bonds. The minimum Gasteiger partial charge on any atom is -0.505 e. The van der Waals surface area contributed by atoms with Crippen molar-refractivity contribution in [2.24, 2.45) is 0 Å². The van der Waals surface area contributed by atoms with Gasteiger partial charge in [-0.1, -0.05) is 24.3 Å². The molecule has 0 aliphatic rings. The van der Waals surface area contributed by atoms with Crippen molar-refractivity contribution in [1.82, 2.24) is 5.32 Å². The summed E-state index contributed by atoms with van der Waals surface area (Å²) < 4.78 is 13.3. The highest BCUT2D eigenvalue weighted by molar-refractivity contribution is 5.80. The smallest absolute Gasteiger partial charge is 0.224 e. The Hall–Kier alpha value is -2.56. The van der Waals surface area contributed by atoms with E-state index in [0.717, 1.165) is 11.3 Å². The molecule has 0 saturated carbocycles. The van der Waals surface area contributed by atoms with Gasteiger partial charge in [-0.3, -0.25) is 4.79 Å². The molecule has 5 heteroatoms. The Morgan fingerprint density at radius 2 is 2.00 bits per heavy atom. The first-order chi connectivity index (χ1) is 10.1. The number of benzene rings is 2. The predicted octanol–water partition coefficient (Wildman–Crippen LogP) is 2.43. The zero-order chi connectivity index (χ0) is 15.2. The van der Waals surface area contributed by atoms with Crippen molar-refractivity contribution in [2.75, 3.05) is 12.4 Å². The van der Waals surface area contributed by atoms with Crippen LogP contribution in [-0.4, -0.2) is 18.1 Å². The van der Waals surface area contributed by atoms with Crippen LogP contribution in [0.1, 0.15) is 11.1 Å². The lowest BCUT2D eigenvalue weighted by Crippen LogP contribution is -2.20. The number of anilines is 1. The number of carbonyl (C=O) groups is 1. The van der Waals surface area contributed by atoms with Gasteiger partial charge in [0.05, 0.1) is 6.42 Å². The second-order valence-electron chi connectivity index (χ2n) is 4.65. The van der Waals surface area contributed by atoms with Gasteiger partial charge in [0.25, 0.3) is 0 Å². The number of phenols is 1. The van der Waals surface area contributed by atoms with E-state index in [2.05, 4.69) is 10.6 Å². The summed E-state index contributed by atoms with van der Waals surface area (Å²) in [7, 11) is 1.59. The van der Waals surface area contributed by atoms with E-state index in [1.54, 1.807) is 13.1 Å². The third-order valence-electron chi connectivity index (χ3n) is 3.14. The van der Waals surface area contributed by atoms with Gasteiger partial charge in [-0.25, -0.2) is 4.39 Å². The minimum absolute atomic E-state index is 0.0695. The molecule has 0 spiro atoms. The SMILES string of the molecule is CNC(=O)Cc1ccccc1NCc1ccc(O)c(F)c1. The maximum atomic E-state index is 13.3. The quantitative estimate of drug-likeness (QED) is 0.792. The van der Waals surface area contributed by atoms with Crippen molar-refractivity contribution >= 4 is 11.6 Å². The number of aromatic hydroxyl groups is 1. The van der Waals surface area contributed by atoms with Crippen LogP contribution < -0.4 is 10.6 Å². The van der Waals surface area contributed by atoms with Crippen molar-refractivity contribution in [2.45, 2.75) is 13.0 Å². The number of amides is 1. The van der Waals surface area contributed by atoms with Crippen LogP contribution in [0.2, 0.25) is 0 Å². The summed E-state index contributed by atoms with van der Waals surface area (Å²) in [6.45, 7) is 0.405. The molecule has 2 rings (SSSR count). The summed E-state index contributed by atoms with van der Waals surface area (Å²) in [5, 5.41) is 14.9. The number of para-hydroxylation sites is 1. The van der Waals surface area contributed by atoms with Crippen molar-refractivity contribution in [3.63, 3.8) is 0 Å². The van der Waals surface area contributed by atoms with E-state index >= 15 is 0 Å². The van der Waals surface area contributed by atoms with Crippen LogP contribution in [0.3, 0.4) is 0 Å². The highest BCUT2D eigenvalue weighted by Crippen LogP contribution is 2.19. The molecule has 0 atom stereocenters. The zero-order valence-electron chi connectivity index (χ0n) is 11.7. The Morgan fingerprint density at radius 3 is 2.71 bits per heavy atom. The number of hydrogen-bond acceptors (Lipinski definition) is 3. The molecule has 0 aliphatic heterocycles. The van der Waals surface area contributed by atoms with E-state index in [1.807, 2.05) is 24.3 Å². The lowest BCUT2D eigenvalue weighted by Gasteiger charge is -2.12. The number of rotatable bonds is 5. The van der Waals surface area contributed by atoms with Crippen molar-refractivity contribution in [3.05, 3.63) is 59.4 Å². The standard InChI is InChI=1S/C16H17FN2O2/c1-18-16(21)9-12-4-2-3-5-14(12)19-10-11-6-7-15(20)13(17)8-11/h2-8,19-20H,9-10H2,1H3,(H,18,21). The molecular formula is C16H17FN2O2. The Labute approximate surface area is 122 Å². The van der Waals surface area contributed by atoms with Crippen LogP contribution in [0.15, 0.2) is 42.5 Å². The first-order valence-electron chi connectivity index (χ1n) is 6.60. The second-order valence-corrected chi connectivity index (χ2v) is 4.65. The molecular weight excluding hydrogens is 271 g/mol. The lowest BCUT2D eigenvalue weighted by molar-refractivity contribution is -0.119. The molecule has 0 radical (unpaired) electrons. The number of halogens is 1. The van der Waals surface area contributed by atoms with Crippen molar-refractivity contribution in [3.8, 4) is 5.75 Å². The Kier molecular flexibility index (Phi) is 4.77. The molecule has 0 heterocycles. The van der Waals surface area contributed by atoms with Crippen LogP contribution >= 0.6 is 0 Å². The molecule has 2 aromatic rings. The molecule has 3 N–H and O–H groups in total. The topological polar surface area (TPSA) is 61.4 Å². The second kappa shape index (κ2) is 6.74. The molecule has 0 fully saturated rings. The minimum atomic E-state index is -0.645. The molecule has 21 heavy (non-hydrogen) atoms. The molecule has 0 aromatic heterocycles. The molecule has 0 unspecified atom stereocenters. The fraction of sp³-hybridized carbons (Fsp3) is 0.188. The summed E-state index contributed by atoms with van der Waals surface area (Å²) in [5.74, 6) is -1.08. The molecule has 2 aromatic carbocycles. The highest BCUT2D eigenvalue weighted by Gasteiger charge is 2.07. The zero-order valence-corrected chi connectivity index (χ0v) is 11.7. The third kappa shape index (κ3) is 3.95. The van der Waals surface area contributed by atoms with Gasteiger partial charge in [-0.15, -0.1) is 0 Å². The van der Waals surface area contributed by atoms with E-state index in [9.17, 15) is 9.18 Å². The van der Waals surface area contributed by atoms with Gasteiger partial charge in [0.1, 0.15) is 0 Å². The van der Waals surface area contributed by atoms with E-state index in [4.69, 9.17) is 5.11 Å². The monoisotopic (exact) mass is 288 g/mol. The number of hydrogen-bond donors (Lipinski definition) is 3. The van der Waals surface area contributed by atoms with E-state index in [-0.39, 0.29) is 18.1 Å². The van der Waals surface area contributed by atoms with Gasteiger partial charge in [0.15, 0.2) is 11.6 Å². The largest absolute Gasteiger partial charge is 0.505 e. The fourth-order valence-corrected chi connectivity index (χ4v) is 1.97. The van der Waals surface area contributed by atoms with Gasteiger partial charge >= 0.3 is 0 Å². The van der Waals surface area contributed by atoms with Gasteiger partial charge in [0.2, 0.25) is 5.91 Å². The first kappa shape index (κ1) is 14.8. The van der Waals surface area contributed by atoms with Gasteiger partial charge in [-0.2, -0.15) is 0 Å². The molecule has 110 valence electrons. The Bertz CT molecular complexity index is 644. The summed E-state index contributed by atoms with van der Waals surface area (Å²) in [6.07, 6.45) is 0.281. The number of phenolic OH excluding ortho intramolecular Hbond substituents is 1. The lowest BCUT2D eigenvalue weighted by atomic mass is 10.1. The molecule has 4 nitrogen and oxygen atoms in total. The summed E-state index contributed by atoms with van der Waals surface area (Å²) >= 11 is 0. The van der Waals surface area contributed by atoms with E-state index in [0.29, 0.717) is 12.1 Å². The fourth-order valence-electron chi connectivity index (χ4n) is 1.97. The van der Waals surface area contributed by atoms with Gasteiger partial charge in [-0.05, 0) is 29.3 Å². The van der Waals surface area contributed by atoms with Gasteiger partial charge in [0, 0.05) is 19.3 Å². The third-order valence-corrected chi connectivity index (χ3v) is 3.14. The number of carbonyl (C=O) groups excluding carboxylic acids is 1. The van der Waals surface area contributed by atoms with Crippen LogP contribution in [0.25, 0.3) is 0 Å². The Morgan fingerprint density at radius 1 is 1.24 bits per heavy atom. The summed E-state index contributed by atoms with van der Waals surface area (Å²) in [6, 6.07) is 11.7. The summed E-state index contributed by atoms with van der Waals surface area (Å²) in [4.78, 5) is 11.5. The maximum Gasteiger partial charge on any atom is 0.224 e. The van der Waals surface area contributed by atoms with Gasteiger partial charge < -0.3 is 15.7 Å². The average molecular weight is 288 g/mol. The molecule has 0 aliphatic carbocycles. The van der Waals surface area contributed by atoms with Crippen LogP contribution in [0, 0.1) is 5.82 Å². The summed E-state index contributed by atoms with van der Waals surface area (Å²) in [5.41, 5.74) is 2.41. The van der Waals surface area contributed by atoms with Crippen LogP contribution in [0.4, 0.5) is 10.1 Å². The molecule has 0 bridgehead atoms. The van der Waals surface area contributed by atoms with E-state index < -0.39 is 5.82 Å². The normalized spacial score (nSPS) is 10.2. The van der Waals surface area contributed by atoms with E-state index in [1.165, 1.54) is 12.1 Å². The Balaban J connectivity index is 2.09. The van der Waals surface area contributed by atoms with Crippen molar-refractivity contribution < 1.29 is 14.3 Å². The predicted molar refractivity (Wildman–Crippen MR) is 79.6 cm³/mol. The first-order valence-corrected chi connectivity index (χ1v) is 6.60. The maximum absolute atomic E-state index is 13.3. The number of nitrogens with one attached hydrogen (secondary N) is 2. The van der Waals surface area contributed by atoms with Crippen LogP contribution in [0.5, 0.6) is 5.75 Å². The number of likely N-dealkylation sites (N-methyl/N-ethyl adjacent to an activating group) is 1. The average Bonchev–Trinajstić information content (AvgIpc) is 2.49. The van der Waals surface area contributed by atoms with Crippen molar-refractivity contribution in [1.29, 1.82) is 0 Å². The van der Waals surface area contributed by atoms with Crippen LogP contribution in [-0.2, 0) is 17.8 Å². The highest BCUT2D eigenvalue weighted by atomic mass is 19.1. The molecule has 0 saturated heterocycles.